The molecule has 3 N–H and O–H groups in total. The van der Waals surface area contributed by atoms with E-state index in [-0.39, 0.29) is 5.91 Å². The van der Waals surface area contributed by atoms with E-state index in [9.17, 15) is 4.79 Å². The molecule has 0 saturated heterocycles. The molecule has 0 aliphatic carbocycles. The molecule has 2 heterocycles. The van der Waals surface area contributed by atoms with Crippen LogP contribution in [0.1, 0.15) is 19.6 Å². The van der Waals surface area contributed by atoms with E-state index in [2.05, 4.69) is 27.1 Å². The fourth-order valence-corrected chi connectivity index (χ4v) is 2.51. The van der Waals surface area contributed by atoms with Crippen molar-refractivity contribution in [1.29, 1.82) is 0 Å². The SMILES string of the molecule is Cc1ncc(C(=O)Nc2ncc(C#CCN)s2)s1. The van der Waals surface area contributed by atoms with Gasteiger partial charge < -0.3 is 5.73 Å². The smallest absolute Gasteiger partial charge is 0.269 e. The van der Waals surface area contributed by atoms with Gasteiger partial charge in [-0.3, -0.25) is 10.1 Å². The molecule has 2 aromatic heterocycles. The molecular weight excluding hydrogens is 268 g/mol. The zero-order valence-electron chi connectivity index (χ0n) is 9.56. The minimum atomic E-state index is -0.201. The van der Waals surface area contributed by atoms with Gasteiger partial charge in [0, 0.05) is 0 Å². The lowest BCUT2D eigenvalue weighted by Crippen LogP contribution is -2.09. The van der Waals surface area contributed by atoms with Crippen molar-refractivity contribution in [1.82, 2.24) is 9.97 Å². The van der Waals surface area contributed by atoms with Crippen LogP contribution in [0.5, 0.6) is 0 Å². The van der Waals surface area contributed by atoms with Crippen LogP contribution in [-0.4, -0.2) is 22.4 Å². The summed E-state index contributed by atoms with van der Waals surface area (Å²) in [4.78, 5) is 21.3. The Labute approximate surface area is 112 Å². The summed E-state index contributed by atoms with van der Waals surface area (Å²) in [6, 6.07) is 0. The summed E-state index contributed by atoms with van der Waals surface area (Å²) in [6.45, 7) is 2.16. The van der Waals surface area contributed by atoms with Crippen LogP contribution in [0.3, 0.4) is 0 Å². The van der Waals surface area contributed by atoms with Crippen LogP contribution in [0.2, 0.25) is 0 Å². The van der Waals surface area contributed by atoms with Crippen LogP contribution in [-0.2, 0) is 0 Å². The van der Waals surface area contributed by atoms with Gasteiger partial charge in [0.1, 0.15) is 4.88 Å². The Hall–Kier alpha value is -1.75. The van der Waals surface area contributed by atoms with Crippen LogP contribution < -0.4 is 11.1 Å². The lowest BCUT2D eigenvalue weighted by atomic mass is 10.5. The number of aromatic nitrogens is 2. The van der Waals surface area contributed by atoms with E-state index in [4.69, 9.17) is 5.73 Å². The van der Waals surface area contributed by atoms with Crippen LogP contribution >= 0.6 is 22.7 Å². The van der Waals surface area contributed by atoms with Crippen molar-refractivity contribution in [2.45, 2.75) is 6.92 Å². The van der Waals surface area contributed by atoms with E-state index < -0.39 is 0 Å². The molecular formula is C11H10N4OS2. The summed E-state index contributed by atoms with van der Waals surface area (Å²) >= 11 is 2.66. The number of carbonyl (C=O) groups is 1. The number of hydrogen-bond donors (Lipinski definition) is 2. The first kappa shape index (κ1) is 12.7. The predicted octanol–water partition coefficient (Wildman–Crippen LogP) is 1.47. The number of aryl methyl sites for hydroxylation is 1. The van der Waals surface area contributed by atoms with Crippen LogP contribution in [0.4, 0.5) is 5.13 Å². The third-order valence-electron chi connectivity index (χ3n) is 1.88. The molecule has 0 radical (unpaired) electrons. The lowest BCUT2D eigenvalue weighted by molar-refractivity contribution is 0.103. The first-order chi connectivity index (χ1) is 8.69. The Morgan fingerprint density at radius 2 is 2.28 bits per heavy atom. The predicted molar refractivity (Wildman–Crippen MR) is 72.9 cm³/mol. The summed E-state index contributed by atoms with van der Waals surface area (Å²) in [5.74, 6) is 5.39. The highest BCUT2D eigenvalue weighted by Crippen LogP contribution is 2.19. The van der Waals surface area contributed by atoms with Crippen molar-refractivity contribution in [3.8, 4) is 11.8 Å². The van der Waals surface area contributed by atoms with Gasteiger partial charge in [-0.25, -0.2) is 9.97 Å². The summed E-state index contributed by atoms with van der Waals surface area (Å²) in [5, 5.41) is 4.08. The number of nitrogens with one attached hydrogen (secondary N) is 1. The molecule has 0 aliphatic heterocycles. The van der Waals surface area contributed by atoms with Crippen LogP contribution in [0.15, 0.2) is 12.4 Å². The van der Waals surface area contributed by atoms with Crippen molar-refractivity contribution in [2.75, 3.05) is 11.9 Å². The third-order valence-corrected chi connectivity index (χ3v) is 3.62. The Morgan fingerprint density at radius 1 is 1.44 bits per heavy atom. The molecule has 0 unspecified atom stereocenters. The second kappa shape index (κ2) is 5.73. The Balaban J connectivity index is 2.05. The van der Waals surface area contributed by atoms with Crippen molar-refractivity contribution < 1.29 is 4.79 Å². The van der Waals surface area contributed by atoms with E-state index in [1.807, 2.05) is 6.92 Å². The summed E-state index contributed by atoms with van der Waals surface area (Å²) in [5.41, 5.74) is 5.28. The minimum Gasteiger partial charge on any atom is -0.320 e. The molecule has 0 bridgehead atoms. The molecule has 5 nitrogen and oxygen atoms in total. The molecule has 0 spiro atoms. The van der Waals surface area contributed by atoms with Crippen LogP contribution in [0.25, 0.3) is 0 Å². The van der Waals surface area contributed by atoms with Crippen molar-refractivity contribution in [3.63, 3.8) is 0 Å². The van der Waals surface area contributed by atoms with Gasteiger partial charge in [-0.1, -0.05) is 23.2 Å². The largest absolute Gasteiger partial charge is 0.320 e. The quantitative estimate of drug-likeness (QED) is 0.815. The van der Waals surface area contributed by atoms with Gasteiger partial charge in [-0.15, -0.1) is 11.3 Å². The molecule has 92 valence electrons. The molecule has 2 aromatic rings. The first-order valence-electron chi connectivity index (χ1n) is 5.07. The van der Waals surface area contributed by atoms with E-state index in [1.54, 1.807) is 12.4 Å². The second-order valence-electron chi connectivity index (χ2n) is 3.23. The fraction of sp³-hybridized carbons (Fsp3) is 0.182. The van der Waals surface area contributed by atoms with Gasteiger partial charge in [0.2, 0.25) is 0 Å². The van der Waals surface area contributed by atoms with Crippen molar-refractivity contribution in [2.24, 2.45) is 5.73 Å². The summed E-state index contributed by atoms with van der Waals surface area (Å²) < 4.78 is 0. The highest BCUT2D eigenvalue weighted by atomic mass is 32.1. The zero-order valence-corrected chi connectivity index (χ0v) is 11.2. The fourth-order valence-electron chi connectivity index (χ4n) is 1.15. The maximum atomic E-state index is 11.8. The molecule has 0 saturated carbocycles. The molecule has 1 amide bonds. The highest BCUT2D eigenvalue weighted by Gasteiger charge is 2.11. The van der Waals surface area contributed by atoms with E-state index in [0.29, 0.717) is 16.6 Å². The number of rotatable bonds is 2. The molecule has 7 heteroatoms. The summed E-state index contributed by atoms with van der Waals surface area (Å²) in [6.07, 6.45) is 3.17. The molecule has 0 aromatic carbocycles. The minimum absolute atomic E-state index is 0.201. The molecule has 0 fully saturated rings. The average molecular weight is 278 g/mol. The Bertz CT molecular complexity index is 620. The highest BCUT2D eigenvalue weighted by molar-refractivity contribution is 7.16. The number of thiazole rings is 2. The van der Waals surface area contributed by atoms with Crippen LogP contribution in [0, 0.1) is 18.8 Å². The molecule has 0 aliphatic rings. The van der Waals surface area contributed by atoms with Gasteiger partial charge >= 0.3 is 0 Å². The van der Waals surface area contributed by atoms with Gasteiger partial charge in [0.05, 0.1) is 28.8 Å². The van der Waals surface area contributed by atoms with E-state index in [0.717, 1.165) is 9.88 Å². The van der Waals surface area contributed by atoms with Gasteiger partial charge in [0.15, 0.2) is 5.13 Å². The van der Waals surface area contributed by atoms with Crippen molar-refractivity contribution in [3.05, 3.63) is 27.2 Å². The Kier molecular flexibility index (Phi) is 4.04. The standard InChI is InChI=1S/C11H10N4OS2/c1-7-13-6-9(17-7)10(16)15-11-14-5-8(18-11)3-2-4-12/h5-6H,4,12H2,1H3,(H,14,15,16). The zero-order chi connectivity index (χ0) is 13.0. The topological polar surface area (TPSA) is 80.9 Å². The van der Waals surface area contributed by atoms with Crippen molar-refractivity contribution >= 4 is 33.7 Å². The number of hydrogen-bond acceptors (Lipinski definition) is 6. The van der Waals surface area contributed by atoms with Gasteiger partial charge in [-0.2, -0.15) is 0 Å². The monoisotopic (exact) mass is 278 g/mol. The normalized spacial score (nSPS) is 9.67. The van der Waals surface area contributed by atoms with E-state index in [1.165, 1.54) is 22.7 Å². The maximum Gasteiger partial charge on any atom is 0.269 e. The molecule has 0 atom stereocenters. The lowest BCUT2D eigenvalue weighted by Gasteiger charge is -1.96. The van der Waals surface area contributed by atoms with Gasteiger partial charge in [-0.05, 0) is 6.92 Å². The number of nitrogens with two attached hydrogens (primary N) is 1. The third kappa shape index (κ3) is 3.13. The molecule has 18 heavy (non-hydrogen) atoms. The van der Waals surface area contributed by atoms with E-state index >= 15 is 0 Å². The average Bonchev–Trinajstić information content (AvgIpc) is 2.96. The number of amides is 1. The first-order valence-corrected chi connectivity index (χ1v) is 6.71. The molecule has 2 rings (SSSR count). The maximum absolute atomic E-state index is 11.8. The number of anilines is 1. The Morgan fingerprint density at radius 3 is 2.94 bits per heavy atom. The second-order valence-corrected chi connectivity index (χ2v) is 5.50. The number of carbonyl (C=O) groups excluding carboxylic acids is 1. The van der Waals surface area contributed by atoms with Gasteiger partial charge in [0.25, 0.3) is 5.91 Å². The summed E-state index contributed by atoms with van der Waals surface area (Å²) in [7, 11) is 0. The number of nitrogens with zero attached hydrogens (tertiary/aromatic N) is 2.